The smallest absolute Gasteiger partial charge is 0.322 e. The highest BCUT2D eigenvalue weighted by atomic mass is 19.4. The van der Waals surface area contributed by atoms with E-state index in [-0.39, 0.29) is 23.1 Å². The van der Waals surface area contributed by atoms with Gasteiger partial charge in [-0.2, -0.15) is 13.2 Å². The number of likely N-dealkylation sites (N-methyl/N-ethyl adjacent to an activating group) is 1. The quantitative estimate of drug-likeness (QED) is 0.277. The summed E-state index contributed by atoms with van der Waals surface area (Å²) >= 11 is 0. The predicted molar refractivity (Wildman–Crippen MR) is 161 cm³/mol. The Morgan fingerprint density at radius 1 is 0.977 bits per heavy atom. The van der Waals surface area contributed by atoms with Gasteiger partial charge in [-0.25, -0.2) is 4.98 Å². The van der Waals surface area contributed by atoms with Crippen LogP contribution in [-0.2, 0) is 17.5 Å². The van der Waals surface area contributed by atoms with Gasteiger partial charge in [0.25, 0.3) is 5.91 Å². The summed E-state index contributed by atoms with van der Waals surface area (Å²) in [5, 5.41) is 5.52. The molecule has 3 heterocycles. The fourth-order valence-corrected chi connectivity index (χ4v) is 5.46. The molecule has 1 saturated carbocycles. The fourth-order valence-electron chi connectivity index (χ4n) is 5.46. The van der Waals surface area contributed by atoms with Crippen LogP contribution in [-0.4, -0.2) is 68.7 Å². The molecule has 0 radical (unpaired) electrons. The zero-order valence-corrected chi connectivity index (χ0v) is 24.6. The minimum atomic E-state index is -4.55. The highest BCUT2D eigenvalue weighted by Gasteiger charge is 2.32. The first-order chi connectivity index (χ1) is 21.1. The van der Waals surface area contributed by atoms with Crippen LogP contribution in [0.4, 0.5) is 24.7 Å². The van der Waals surface area contributed by atoms with Crippen LogP contribution in [0.2, 0.25) is 0 Å². The third-order valence-corrected chi connectivity index (χ3v) is 8.21. The van der Waals surface area contributed by atoms with Gasteiger partial charge in [0.05, 0.1) is 23.7 Å². The number of imidazole rings is 1. The average Bonchev–Trinajstić information content (AvgIpc) is 3.77. The molecule has 1 aliphatic heterocycles. The highest BCUT2D eigenvalue weighted by Crippen LogP contribution is 2.33. The molecule has 0 bridgehead atoms. The van der Waals surface area contributed by atoms with Crippen LogP contribution in [0.15, 0.2) is 55.0 Å². The summed E-state index contributed by atoms with van der Waals surface area (Å²) in [6.07, 6.45) is 2.28. The topological polar surface area (TPSA) is 94.9 Å². The number of aromatic nitrogens is 3. The van der Waals surface area contributed by atoms with Crippen molar-refractivity contribution in [1.29, 1.82) is 0 Å². The predicted octanol–water partition coefficient (Wildman–Crippen LogP) is 5.46. The number of piperazine rings is 1. The van der Waals surface area contributed by atoms with Gasteiger partial charge < -0.3 is 19.9 Å². The minimum Gasteiger partial charge on any atom is -0.322 e. The summed E-state index contributed by atoms with van der Waals surface area (Å²) in [4.78, 5) is 38.8. The summed E-state index contributed by atoms with van der Waals surface area (Å²) in [7, 11) is 0. The van der Waals surface area contributed by atoms with Crippen LogP contribution in [0, 0.1) is 12.8 Å². The zero-order valence-electron chi connectivity index (χ0n) is 24.6. The Balaban J connectivity index is 1.22. The number of carbonyl (C=O) groups is 2. The van der Waals surface area contributed by atoms with Crippen LogP contribution >= 0.6 is 0 Å². The molecule has 2 aromatic heterocycles. The van der Waals surface area contributed by atoms with Crippen LogP contribution in [0.1, 0.15) is 46.8 Å². The maximum atomic E-state index is 13.8. The van der Waals surface area contributed by atoms with E-state index in [1.165, 1.54) is 0 Å². The number of aryl methyl sites for hydroxylation is 1. The maximum Gasteiger partial charge on any atom is 0.416 e. The number of nitrogens with one attached hydrogen (secondary N) is 2. The summed E-state index contributed by atoms with van der Waals surface area (Å²) < 4.78 is 43.2. The second kappa shape index (κ2) is 12.0. The molecule has 4 aromatic rings. The first-order valence-corrected chi connectivity index (χ1v) is 14.8. The molecule has 1 aliphatic carbocycles. The Hall–Kier alpha value is -4.29. The molecule has 2 aromatic carbocycles. The number of amides is 2. The molecular formula is C32H34F3N7O2. The Morgan fingerprint density at radius 2 is 1.73 bits per heavy atom. The SMILES string of the molecule is CCN1CCN(Cc2cc(NC(=O)c3ccc(C)c(-c4cn5cc(NC(=O)C6CC6)nc5cn4)c3)cc(C(F)(F)F)c2)CC1. The standard InChI is InChI=1S/C32H34F3N7O2/c1-3-40-8-10-41(11-9-40)17-21-12-24(32(33,34)35)15-25(13-21)37-31(44)23-5-4-20(2)26(14-23)27-18-42-19-28(38-29(42)16-36-27)39-30(43)22-6-7-22/h4-5,12-16,18-19,22H,3,6-11,17H2,1-2H3,(H,37,44)(H,39,43). The van der Waals surface area contributed by atoms with E-state index in [9.17, 15) is 22.8 Å². The maximum absolute atomic E-state index is 13.8. The molecule has 230 valence electrons. The number of rotatable bonds is 8. The summed E-state index contributed by atoms with van der Waals surface area (Å²) in [5.41, 5.74) is 2.75. The van der Waals surface area contributed by atoms with Crippen LogP contribution < -0.4 is 10.6 Å². The molecule has 0 unspecified atom stereocenters. The number of carbonyl (C=O) groups excluding carboxylic acids is 2. The van der Waals surface area contributed by atoms with Crippen molar-refractivity contribution >= 4 is 29.0 Å². The number of hydrogen-bond donors (Lipinski definition) is 2. The molecule has 9 nitrogen and oxygen atoms in total. The normalized spacial score (nSPS) is 16.3. The first kappa shape index (κ1) is 29.8. The molecular weight excluding hydrogens is 571 g/mol. The van der Waals surface area contributed by atoms with E-state index < -0.39 is 17.6 Å². The van der Waals surface area contributed by atoms with Crippen molar-refractivity contribution in [2.24, 2.45) is 5.92 Å². The number of nitrogens with zero attached hydrogens (tertiary/aromatic N) is 5. The van der Waals surface area contributed by atoms with E-state index in [2.05, 4.69) is 37.3 Å². The second-order valence-corrected chi connectivity index (χ2v) is 11.5. The van der Waals surface area contributed by atoms with Gasteiger partial charge in [0.15, 0.2) is 11.5 Å². The molecule has 12 heteroatoms. The lowest BCUT2D eigenvalue weighted by Crippen LogP contribution is -2.45. The van der Waals surface area contributed by atoms with Crippen molar-refractivity contribution in [3.05, 3.63) is 77.2 Å². The van der Waals surface area contributed by atoms with Crippen LogP contribution in [0.5, 0.6) is 0 Å². The average molecular weight is 606 g/mol. The Labute approximate surface area is 253 Å². The molecule has 6 rings (SSSR count). The zero-order chi connectivity index (χ0) is 31.0. The monoisotopic (exact) mass is 605 g/mol. The lowest BCUT2D eigenvalue weighted by atomic mass is 10.0. The van der Waals surface area contributed by atoms with Gasteiger partial charge in [0.1, 0.15) is 0 Å². The molecule has 44 heavy (non-hydrogen) atoms. The molecule has 0 atom stereocenters. The molecule has 2 aliphatic rings. The molecule has 0 spiro atoms. The van der Waals surface area contributed by atoms with E-state index in [4.69, 9.17) is 0 Å². The summed E-state index contributed by atoms with van der Waals surface area (Å²) in [6.45, 7) is 8.58. The van der Waals surface area contributed by atoms with E-state index in [0.29, 0.717) is 34.8 Å². The third-order valence-electron chi connectivity index (χ3n) is 8.21. The van der Waals surface area contributed by atoms with Gasteiger partial charge in [-0.3, -0.25) is 19.5 Å². The van der Waals surface area contributed by atoms with E-state index in [1.807, 2.05) is 6.92 Å². The van der Waals surface area contributed by atoms with E-state index in [0.717, 1.165) is 63.3 Å². The lowest BCUT2D eigenvalue weighted by Gasteiger charge is -2.34. The van der Waals surface area contributed by atoms with Crippen molar-refractivity contribution in [1.82, 2.24) is 24.2 Å². The first-order valence-electron chi connectivity index (χ1n) is 14.8. The largest absolute Gasteiger partial charge is 0.416 e. The number of fused-ring (bicyclic) bond motifs is 1. The van der Waals surface area contributed by atoms with Gasteiger partial charge in [-0.05, 0) is 67.8 Å². The van der Waals surface area contributed by atoms with Gasteiger partial charge in [0.2, 0.25) is 5.91 Å². The molecule has 2 N–H and O–H groups in total. The molecule has 1 saturated heterocycles. The highest BCUT2D eigenvalue weighted by molar-refractivity contribution is 6.05. The Bertz CT molecular complexity index is 1710. The van der Waals surface area contributed by atoms with Gasteiger partial charge >= 0.3 is 6.18 Å². The van der Waals surface area contributed by atoms with Crippen molar-refractivity contribution in [2.45, 2.75) is 39.4 Å². The number of anilines is 2. The van der Waals surface area contributed by atoms with E-state index in [1.54, 1.807) is 47.3 Å². The van der Waals surface area contributed by atoms with Crippen molar-refractivity contribution in [3.63, 3.8) is 0 Å². The van der Waals surface area contributed by atoms with Crippen molar-refractivity contribution in [3.8, 4) is 11.3 Å². The van der Waals surface area contributed by atoms with Crippen LogP contribution in [0.25, 0.3) is 16.9 Å². The van der Waals surface area contributed by atoms with Crippen molar-refractivity contribution < 1.29 is 22.8 Å². The van der Waals surface area contributed by atoms with Crippen LogP contribution in [0.3, 0.4) is 0 Å². The van der Waals surface area contributed by atoms with Gasteiger partial charge in [-0.1, -0.05) is 13.0 Å². The third kappa shape index (κ3) is 6.76. The second-order valence-electron chi connectivity index (χ2n) is 11.5. The van der Waals surface area contributed by atoms with Gasteiger partial charge in [-0.15, -0.1) is 0 Å². The summed E-state index contributed by atoms with van der Waals surface area (Å²) in [5.74, 6) is -0.0793. The number of halogens is 3. The fraction of sp³-hybridized carbons (Fsp3) is 0.375. The van der Waals surface area contributed by atoms with E-state index >= 15 is 0 Å². The molecule has 2 amide bonds. The minimum absolute atomic E-state index is 0.0427. The van der Waals surface area contributed by atoms with Gasteiger partial charge in [0, 0.05) is 61.7 Å². The van der Waals surface area contributed by atoms with Crippen molar-refractivity contribution in [2.75, 3.05) is 43.4 Å². The number of alkyl halides is 3. The number of hydrogen-bond acceptors (Lipinski definition) is 6. The Kier molecular flexibility index (Phi) is 8.12. The molecule has 2 fully saturated rings. The Morgan fingerprint density at radius 3 is 2.43 bits per heavy atom. The lowest BCUT2D eigenvalue weighted by molar-refractivity contribution is -0.137. The summed E-state index contributed by atoms with van der Waals surface area (Å²) in [6, 6.07) is 8.83. The number of benzene rings is 2.